The van der Waals surface area contributed by atoms with Gasteiger partial charge in [0, 0.05) is 19.5 Å². The van der Waals surface area contributed by atoms with E-state index < -0.39 is 6.10 Å². The summed E-state index contributed by atoms with van der Waals surface area (Å²) in [4.78, 5) is 0. The van der Waals surface area contributed by atoms with Crippen molar-refractivity contribution < 1.29 is 9.84 Å². The molecule has 1 atom stereocenters. The first-order chi connectivity index (χ1) is 9.52. The standard InChI is InChI=1S/C15H13Br2ClO2/c1-2-20-10-4-5-11(14(17)8-10)15(19)12-7-9(18)3-6-13(12)16/h3-8,15,19H,2H2,1H3. The number of hydrogen-bond donors (Lipinski definition) is 1. The van der Waals surface area contributed by atoms with Gasteiger partial charge in [0.25, 0.3) is 0 Å². The lowest BCUT2D eigenvalue weighted by Crippen LogP contribution is -2.02. The van der Waals surface area contributed by atoms with E-state index in [0.29, 0.717) is 11.6 Å². The molecule has 0 aliphatic rings. The number of rotatable bonds is 4. The van der Waals surface area contributed by atoms with Gasteiger partial charge in [0.15, 0.2) is 0 Å². The second-order valence-electron chi connectivity index (χ2n) is 4.18. The molecule has 20 heavy (non-hydrogen) atoms. The fourth-order valence-electron chi connectivity index (χ4n) is 1.88. The molecule has 2 aromatic rings. The van der Waals surface area contributed by atoms with Crippen LogP contribution < -0.4 is 4.74 Å². The Kier molecular flexibility index (Phi) is 5.49. The molecule has 1 N–H and O–H groups in total. The van der Waals surface area contributed by atoms with Crippen molar-refractivity contribution in [2.75, 3.05) is 6.61 Å². The molecule has 0 aromatic heterocycles. The number of ether oxygens (including phenoxy) is 1. The SMILES string of the molecule is CCOc1ccc(C(O)c2cc(Cl)ccc2Br)c(Br)c1. The number of hydrogen-bond acceptors (Lipinski definition) is 2. The van der Waals surface area contributed by atoms with E-state index in [4.69, 9.17) is 16.3 Å². The van der Waals surface area contributed by atoms with Gasteiger partial charge in [0.1, 0.15) is 11.9 Å². The van der Waals surface area contributed by atoms with Gasteiger partial charge in [-0.2, -0.15) is 0 Å². The van der Waals surface area contributed by atoms with Crippen LogP contribution in [0.15, 0.2) is 45.3 Å². The van der Waals surface area contributed by atoms with Crippen LogP contribution in [0.5, 0.6) is 5.75 Å². The molecule has 0 fully saturated rings. The van der Waals surface area contributed by atoms with Crippen molar-refractivity contribution in [2.24, 2.45) is 0 Å². The van der Waals surface area contributed by atoms with Gasteiger partial charge in [-0.05, 0) is 42.8 Å². The fraction of sp³-hybridized carbons (Fsp3) is 0.200. The van der Waals surface area contributed by atoms with Gasteiger partial charge in [-0.15, -0.1) is 0 Å². The maximum atomic E-state index is 10.5. The van der Waals surface area contributed by atoms with Crippen molar-refractivity contribution in [3.8, 4) is 5.75 Å². The van der Waals surface area contributed by atoms with Crippen LogP contribution in [-0.2, 0) is 0 Å². The van der Waals surface area contributed by atoms with Crippen molar-refractivity contribution in [1.29, 1.82) is 0 Å². The van der Waals surface area contributed by atoms with Crippen molar-refractivity contribution in [2.45, 2.75) is 13.0 Å². The van der Waals surface area contributed by atoms with Crippen molar-refractivity contribution in [3.63, 3.8) is 0 Å². The summed E-state index contributed by atoms with van der Waals surface area (Å²) in [5.74, 6) is 0.764. The molecular formula is C15H13Br2ClO2. The maximum Gasteiger partial charge on any atom is 0.120 e. The molecular weight excluding hydrogens is 407 g/mol. The number of aliphatic hydroxyl groups excluding tert-OH is 1. The van der Waals surface area contributed by atoms with Gasteiger partial charge >= 0.3 is 0 Å². The Hall–Kier alpha value is -0.550. The topological polar surface area (TPSA) is 29.5 Å². The summed E-state index contributed by atoms with van der Waals surface area (Å²) in [6.07, 6.45) is -0.770. The number of aliphatic hydroxyl groups is 1. The van der Waals surface area contributed by atoms with E-state index in [9.17, 15) is 5.11 Å². The Morgan fingerprint density at radius 3 is 2.50 bits per heavy atom. The molecule has 0 aliphatic carbocycles. The highest BCUT2D eigenvalue weighted by atomic mass is 79.9. The number of benzene rings is 2. The van der Waals surface area contributed by atoms with Crippen LogP contribution in [0.2, 0.25) is 5.02 Å². The van der Waals surface area contributed by atoms with Crippen LogP contribution in [0, 0.1) is 0 Å². The zero-order chi connectivity index (χ0) is 14.7. The average Bonchev–Trinajstić information content (AvgIpc) is 2.41. The van der Waals surface area contributed by atoms with E-state index in [0.717, 1.165) is 25.8 Å². The molecule has 2 rings (SSSR count). The van der Waals surface area contributed by atoms with Gasteiger partial charge in [-0.3, -0.25) is 0 Å². The van der Waals surface area contributed by atoms with Gasteiger partial charge in [-0.1, -0.05) is 49.5 Å². The van der Waals surface area contributed by atoms with Crippen LogP contribution in [0.3, 0.4) is 0 Å². The number of halogens is 3. The van der Waals surface area contributed by atoms with Crippen LogP contribution in [0.1, 0.15) is 24.2 Å². The minimum absolute atomic E-state index is 0.587. The van der Waals surface area contributed by atoms with Crippen LogP contribution in [-0.4, -0.2) is 11.7 Å². The smallest absolute Gasteiger partial charge is 0.120 e. The average molecular weight is 421 g/mol. The first kappa shape index (κ1) is 15.8. The summed E-state index contributed by atoms with van der Waals surface area (Å²) in [6, 6.07) is 10.9. The van der Waals surface area contributed by atoms with Gasteiger partial charge in [-0.25, -0.2) is 0 Å². The van der Waals surface area contributed by atoms with E-state index >= 15 is 0 Å². The molecule has 0 heterocycles. The highest BCUT2D eigenvalue weighted by Crippen LogP contribution is 2.35. The van der Waals surface area contributed by atoms with Crippen molar-refractivity contribution in [1.82, 2.24) is 0 Å². The van der Waals surface area contributed by atoms with Crippen LogP contribution in [0.4, 0.5) is 0 Å². The Morgan fingerprint density at radius 1 is 1.10 bits per heavy atom. The summed E-state index contributed by atoms with van der Waals surface area (Å²) in [7, 11) is 0. The monoisotopic (exact) mass is 418 g/mol. The zero-order valence-electron chi connectivity index (χ0n) is 10.7. The lowest BCUT2D eigenvalue weighted by molar-refractivity contribution is 0.218. The zero-order valence-corrected chi connectivity index (χ0v) is 14.7. The first-order valence-corrected chi connectivity index (χ1v) is 8.04. The molecule has 0 aliphatic heterocycles. The molecule has 106 valence electrons. The fourth-order valence-corrected chi connectivity index (χ4v) is 3.10. The predicted octanol–water partition coefficient (Wildman–Crippen LogP) is 5.35. The second kappa shape index (κ2) is 6.94. The maximum absolute atomic E-state index is 10.5. The van der Waals surface area contributed by atoms with E-state index in [-0.39, 0.29) is 0 Å². The lowest BCUT2D eigenvalue weighted by atomic mass is 10.0. The Labute approximate surface area is 140 Å². The first-order valence-electron chi connectivity index (χ1n) is 6.08. The predicted molar refractivity (Wildman–Crippen MR) is 88.5 cm³/mol. The van der Waals surface area contributed by atoms with Crippen LogP contribution in [0.25, 0.3) is 0 Å². The quantitative estimate of drug-likeness (QED) is 0.723. The molecule has 0 spiro atoms. The molecule has 0 saturated heterocycles. The normalized spacial score (nSPS) is 12.2. The molecule has 1 unspecified atom stereocenters. The third-order valence-corrected chi connectivity index (χ3v) is 4.47. The molecule has 5 heteroatoms. The summed E-state index contributed by atoms with van der Waals surface area (Å²) in [5, 5.41) is 11.1. The highest BCUT2D eigenvalue weighted by Gasteiger charge is 2.17. The van der Waals surface area contributed by atoms with E-state index in [1.807, 2.05) is 31.2 Å². The van der Waals surface area contributed by atoms with Crippen molar-refractivity contribution in [3.05, 3.63) is 61.5 Å². The Balaban J connectivity index is 2.38. The van der Waals surface area contributed by atoms with Crippen molar-refractivity contribution >= 4 is 43.5 Å². The third-order valence-electron chi connectivity index (χ3n) is 2.83. The van der Waals surface area contributed by atoms with E-state index in [1.165, 1.54) is 0 Å². The second-order valence-corrected chi connectivity index (χ2v) is 6.33. The molecule has 0 saturated carbocycles. The van der Waals surface area contributed by atoms with E-state index in [2.05, 4.69) is 31.9 Å². The highest BCUT2D eigenvalue weighted by molar-refractivity contribution is 9.10. The molecule has 0 amide bonds. The Morgan fingerprint density at radius 2 is 1.85 bits per heavy atom. The van der Waals surface area contributed by atoms with Gasteiger partial charge < -0.3 is 9.84 Å². The summed E-state index contributed by atoms with van der Waals surface area (Å²) >= 11 is 12.9. The summed E-state index contributed by atoms with van der Waals surface area (Å²) < 4.78 is 7.04. The molecule has 2 aromatic carbocycles. The molecule has 0 radical (unpaired) electrons. The van der Waals surface area contributed by atoms with E-state index in [1.54, 1.807) is 12.1 Å². The minimum Gasteiger partial charge on any atom is -0.494 e. The lowest BCUT2D eigenvalue weighted by Gasteiger charge is -2.16. The third kappa shape index (κ3) is 3.55. The summed E-state index contributed by atoms with van der Waals surface area (Å²) in [6.45, 7) is 2.54. The van der Waals surface area contributed by atoms with Crippen LogP contribution >= 0.6 is 43.5 Å². The van der Waals surface area contributed by atoms with Gasteiger partial charge in [0.05, 0.1) is 6.61 Å². The largest absolute Gasteiger partial charge is 0.494 e. The van der Waals surface area contributed by atoms with Gasteiger partial charge in [0.2, 0.25) is 0 Å². The minimum atomic E-state index is -0.770. The molecule has 2 nitrogen and oxygen atoms in total. The Bertz CT molecular complexity index is 617. The molecule has 0 bridgehead atoms. The summed E-state index contributed by atoms with van der Waals surface area (Å²) in [5.41, 5.74) is 1.48.